The number of nitro groups is 1. The minimum Gasteiger partial charge on any atom is -0.496 e. The van der Waals surface area contributed by atoms with Gasteiger partial charge in [-0.2, -0.15) is 0 Å². The molecular formula is C16H15F3N4O4. The van der Waals surface area contributed by atoms with Crippen molar-refractivity contribution in [3.63, 3.8) is 0 Å². The standard InChI is InChI=1S/C16H15F3N4O4/c1-26-13-7-6-11(23(24)25)8-10(13)9-21-15(20)22-12-4-2-3-5-14(12)27-16(17,18)19/h2-8H,9H2,1H3,(H3,20,21,22). The average Bonchev–Trinajstić information content (AvgIpc) is 2.60. The van der Waals surface area contributed by atoms with E-state index in [4.69, 9.17) is 10.5 Å². The molecule has 27 heavy (non-hydrogen) atoms. The minimum atomic E-state index is -4.86. The Kier molecular flexibility index (Phi) is 6.06. The van der Waals surface area contributed by atoms with Gasteiger partial charge in [0.25, 0.3) is 5.69 Å². The third kappa shape index (κ3) is 5.76. The summed E-state index contributed by atoms with van der Waals surface area (Å²) < 4.78 is 46.3. The first-order chi connectivity index (χ1) is 12.7. The van der Waals surface area contributed by atoms with Gasteiger partial charge in [0.05, 0.1) is 24.3 Å². The smallest absolute Gasteiger partial charge is 0.496 e. The number of methoxy groups -OCH3 is 1. The number of nitro benzene ring substituents is 1. The van der Waals surface area contributed by atoms with E-state index < -0.39 is 17.0 Å². The van der Waals surface area contributed by atoms with Crippen molar-refractivity contribution in [3.8, 4) is 11.5 Å². The molecule has 0 atom stereocenters. The Bertz CT molecular complexity index is 856. The van der Waals surface area contributed by atoms with E-state index in [0.29, 0.717) is 11.3 Å². The summed E-state index contributed by atoms with van der Waals surface area (Å²) in [5, 5.41) is 13.4. The molecule has 2 rings (SSSR count). The van der Waals surface area contributed by atoms with Crippen LogP contribution in [0.3, 0.4) is 0 Å². The molecule has 0 aliphatic carbocycles. The van der Waals surface area contributed by atoms with Crippen LogP contribution in [0.5, 0.6) is 11.5 Å². The highest BCUT2D eigenvalue weighted by molar-refractivity contribution is 5.93. The summed E-state index contributed by atoms with van der Waals surface area (Å²) in [4.78, 5) is 14.3. The first kappa shape index (κ1) is 19.8. The van der Waals surface area contributed by atoms with Gasteiger partial charge in [0, 0.05) is 17.7 Å². The molecule has 0 amide bonds. The third-order valence-corrected chi connectivity index (χ3v) is 3.27. The quantitative estimate of drug-likeness (QED) is 0.342. The van der Waals surface area contributed by atoms with Crippen LogP contribution in [0.2, 0.25) is 0 Å². The normalized spacial score (nSPS) is 11.8. The molecule has 144 valence electrons. The molecule has 0 bridgehead atoms. The fraction of sp³-hybridized carbons (Fsp3) is 0.188. The van der Waals surface area contributed by atoms with Gasteiger partial charge < -0.3 is 20.5 Å². The number of hydrogen-bond acceptors (Lipinski definition) is 5. The van der Waals surface area contributed by atoms with E-state index in [9.17, 15) is 23.3 Å². The number of non-ortho nitro benzene ring substituents is 1. The molecule has 11 heteroatoms. The number of ether oxygens (including phenoxy) is 2. The molecule has 0 aliphatic rings. The second-order valence-corrected chi connectivity index (χ2v) is 5.12. The van der Waals surface area contributed by atoms with E-state index in [2.05, 4.69) is 15.0 Å². The number of rotatable bonds is 6. The second kappa shape index (κ2) is 8.25. The lowest BCUT2D eigenvalue weighted by Gasteiger charge is -2.14. The molecule has 0 heterocycles. The fourth-order valence-electron chi connectivity index (χ4n) is 2.13. The molecule has 0 saturated carbocycles. The van der Waals surface area contributed by atoms with Crippen LogP contribution >= 0.6 is 0 Å². The number of nitrogens with two attached hydrogens (primary N) is 1. The van der Waals surface area contributed by atoms with Crippen molar-refractivity contribution >= 4 is 17.3 Å². The summed E-state index contributed by atoms with van der Waals surface area (Å²) in [6.07, 6.45) is -4.86. The maximum absolute atomic E-state index is 12.4. The van der Waals surface area contributed by atoms with Gasteiger partial charge in [0.15, 0.2) is 11.7 Å². The molecule has 2 aromatic carbocycles. The lowest BCUT2D eigenvalue weighted by atomic mass is 10.2. The molecule has 0 aromatic heterocycles. The summed E-state index contributed by atoms with van der Waals surface area (Å²) in [5.41, 5.74) is 5.89. The second-order valence-electron chi connectivity index (χ2n) is 5.12. The lowest BCUT2D eigenvalue weighted by molar-refractivity contribution is -0.384. The van der Waals surface area contributed by atoms with Crippen molar-refractivity contribution in [1.29, 1.82) is 0 Å². The van der Waals surface area contributed by atoms with Crippen molar-refractivity contribution in [2.45, 2.75) is 12.9 Å². The van der Waals surface area contributed by atoms with Gasteiger partial charge in [0.1, 0.15) is 5.75 Å². The van der Waals surface area contributed by atoms with Gasteiger partial charge in [-0.05, 0) is 18.2 Å². The molecule has 3 N–H and O–H groups in total. The zero-order valence-electron chi connectivity index (χ0n) is 14.0. The van der Waals surface area contributed by atoms with Gasteiger partial charge in [-0.1, -0.05) is 12.1 Å². The van der Waals surface area contributed by atoms with Crippen LogP contribution in [0.15, 0.2) is 47.5 Å². The molecule has 8 nitrogen and oxygen atoms in total. The van der Waals surface area contributed by atoms with Crippen molar-refractivity contribution < 1.29 is 27.6 Å². The summed E-state index contributed by atoms with van der Waals surface area (Å²) in [5.74, 6) is -0.323. The van der Waals surface area contributed by atoms with E-state index >= 15 is 0 Å². The van der Waals surface area contributed by atoms with Gasteiger partial charge in [-0.15, -0.1) is 13.2 Å². The predicted octanol–water partition coefficient (Wildman–Crippen LogP) is 3.43. The van der Waals surface area contributed by atoms with E-state index in [1.54, 1.807) is 0 Å². The molecule has 0 fully saturated rings. The zero-order valence-corrected chi connectivity index (χ0v) is 14.0. The summed E-state index contributed by atoms with van der Waals surface area (Å²) in [7, 11) is 1.39. The predicted molar refractivity (Wildman–Crippen MR) is 91.7 cm³/mol. The van der Waals surface area contributed by atoms with Gasteiger partial charge in [-0.25, -0.2) is 4.99 Å². The van der Waals surface area contributed by atoms with Gasteiger partial charge >= 0.3 is 6.36 Å². The largest absolute Gasteiger partial charge is 0.573 e. The number of nitrogens with zero attached hydrogens (tertiary/aromatic N) is 2. The average molecular weight is 384 g/mol. The molecule has 0 unspecified atom stereocenters. The topological polar surface area (TPSA) is 112 Å². The number of halogens is 3. The third-order valence-electron chi connectivity index (χ3n) is 3.27. The number of benzene rings is 2. The van der Waals surface area contributed by atoms with Crippen LogP contribution in [0.4, 0.5) is 24.5 Å². The maximum Gasteiger partial charge on any atom is 0.573 e. The molecule has 0 saturated heterocycles. The highest BCUT2D eigenvalue weighted by Crippen LogP contribution is 2.30. The Morgan fingerprint density at radius 2 is 1.96 bits per heavy atom. The Hall–Kier alpha value is -3.50. The van der Waals surface area contributed by atoms with Crippen molar-refractivity contribution in [2.24, 2.45) is 10.7 Å². The van der Waals surface area contributed by atoms with E-state index in [1.807, 2.05) is 0 Å². The number of aliphatic imine (C=N–C) groups is 1. The van der Waals surface area contributed by atoms with E-state index in [0.717, 1.165) is 6.07 Å². The monoisotopic (exact) mass is 384 g/mol. The fourth-order valence-corrected chi connectivity index (χ4v) is 2.13. The first-order valence-electron chi connectivity index (χ1n) is 7.42. The Morgan fingerprint density at radius 1 is 1.26 bits per heavy atom. The Labute approximate surface area is 151 Å². The van der Waals surface area contributed by atoms with Crippen LogP contribution in [0.25, 0.3) is 0 Å². The highest BCUT2D eigenvalue weighted by Gasteiger charge is 2.32. The van der Waals surface area contributed by atoms with E-state index in [1.165, 1.54) is 43.5 Å². The molecule has 0 radical (unpaired) electrons. The molecule has 0 aliphatic heterocycles. The lowest BCUT2D eigenvalue weighted by Crippen LogP contribution is -2.24. The van der Waals surface area contributed by atoms with Crippen LogP contribution in [-0.2, 0) is 6.54 Å². The minimum absolute atomic E-state index is 0.0397. The summed E-state index contributed by atoms with van der Waals surface area (Å²) in [6.45, 7) is -0.0913. The molecular weight excluding hydrogens is 369 g/mol. The van der Waals surface area contributed by atoms with Crippen molar-refractivity contribution in [2.75, 3.05) is 12.4 Å². The summed E-state index contributed by atoms with van der Waals surface area (Å²) >= 11 is 0. The van der Waals surface area contributed by atoms with Gasteiger partial charge in [0.2, 0.25) is 0 Å². The number of anilines is 1. The van der Waals surface area contributed by atoms with Crippen molar-refractivity contribution in [1.82, 2.24) is 0 Å². The summed E-state index contributed by atoms with van der Waals surface area (Å²) in [6, 6.07) is 9.27. The Balaban J connectivity index is 2.18. The number of guanidine groups is 1. The van der Waals surface area contributed by atoms with E-state index in [-0.39, 0.29) is 23.9 Å². The molecule has 0 spiro atoms. The number of hydrogen-bond donors (Lipinski definition) is 2. The number of alkyl halides is 3. The van der Waals surface area contributed by atoms with Crippen LogP contribution in [0, 0.1) is 10.1 Å². The van der Waals surface area contributed by atoms with Crippen LogP contribution in [0.1, 0.15) is 5.56 Å². The zero-order chi connectivity index (χ0) is 20.0. The Morgan fingerprint density at radius 3 is 2.59 bits per heavy atom. The SMILES string of the molecule is COc1ccc([N+](=O)[O-])cc1CN=C(N)Nc1ccccc1OC(F)(F)F. The van der Waals surface area contributed by atoms with Crippen LogP contribution in [-0.4, -0.2) is 24.4 Å². The number of para-hydroxylation sites is 2. The van der Waals surface area contributed by atoms with Crippen molar-refractivity contribution in [3.05, 3.63) is 58.1 Å². The first-order valence-corrected chi connectivity index (χ1v) is 7.42. The van der Waals surface area contributed by atoms with Gasteiger partial charge in [-0.3, -0.25) is 10.1 Å². The highest BCUT2D eigenvalue weighted by atomic mass is 19.4. The molecule has 2 aromatic rings. The maximum atomic E-state index is 12.4. The van der Waals surface area contributed by atoms with Crippen LogP contribution < -0.4 is 20.5 Å². The number of nitrogens with one attached hydrogen (secondary N) is 1.